The molecule has 0 aromatic heterocycles. The van der Waals surface area contributed by atoms with E-state index in [1.54, 1.807) is 0 Å². The first kappa shape index (κ1) is 18.9. The van der Waals surface area contributed by atoms with Gasteiger partial charge in [0.1, 0.15) is 11.9 Å². The van der Waals surface area contributed by atoms with Crippen molar-refractivity contribution in [3.05, 3.63) is 11.1 Å². The monoisotopic (exact) mass is 372 g/mol. The number of hydrogen-bond donors (Lipinski definition) is 0. The van der Waals surface area contributed by atoms with Crippen LogP contribution in [0.15, 0.2) is 11.1 Å². The van der Waals surface area contributed by atoms with Gasteiger partial charge in [-0.25, -0.2) is 0 Å². The van der Waals surface area contributed by atoms with E-state index in [2.05, 4.69) is 13.8 Å². The van der Waals surface area contributed by atoms with Crippen LogP contribution in [0.25, 0.3) is 0 Å². The summed E-state index contributed by atoms with van der Waals surface area (Å²) in [6.07, 6.45) is 6.82. The quantitative estimate of drug-likeness (QED) is 0.674. The van der Waals surface area contributed by atoms with Crippen LogP contribution in [0, 0.1) is 28.6 Å². The highest BCUT2D eigenvalue weighted by molar-refractivity contribution is 5.98. The molecule has 0 bridgehead atoms. The Balaban J connectivity index is 1.71. The first-order chi connectivity index (χ1) is 12.7. The molecule has 3 fully saturated rings. The van der Waals surface area contributed by atoms with Gasteiger partial charge >= 0.3 is 5.97 Å². The largest absolute Gasteiger partial charge is 0.458 e. The highest BCUT2D eigenvalue weighted by Crippen LogP contribution is 2.65. The summed E-state index contributed by atoms with van der Waals surface area (Å²) in [5.74, 6) is 1.93. The van der Waals surface area contributed by atoms with Crippen LogP contribution in [0.3, 0.4) is 0 Å². The Labute approximate surface area is 162 Å². The normalized spacial score (nSPS) is 42.3. The summed E-state index contributed by atoms with van der Waals surface area (Å²) in [6, 6.07) is 0. The summed E-state index contributed by atoms with van der Waals surface area (Å²) in [6.45, 7) is 7.79. The van der Waals surface area contributed by atoms with Crippen LogP contribution in [0.4, 0.5) is 0 Å². The lowest BCUT2D eigenvalue weighted by Crippen LogP contribution is -2.51. The van der Waals surface area contributed by atoms with E-state index >= 15 is 0 Å². The maximum Gasteiger partial charge on any atom is 0.303 e. The Bertz CT molecular complexity index is 735. The first-order valence-corrected chi connectivity index (χ1v) is 10.7. The Morgan fingerprint density at radius 2 is 1.70 bits per heavy atom. The molecular weight excluding hydrogens is 340 g/mol. The van der Waals surface area contributed by atoms with Gasteiger partial charge < -0.3 is 4.74 Å². The molecular formula is C23H32O4. The van der Waals surface area contributed by atoms with E-state index in [1.165, 1.54) is 12.5 Å². The molecule has 0 radical (unpaired) electrons. The fraction of sp³-hybridized carbons (Fsp3) is 0.783. The van der Waals surface area contributed by atoms with Crippen molar-refractivity contribution in [1.29, 1.82) is 0 Å². The number of allylic oxidation sites excluding steroid dienone is 1. The van der Waals surface area contributed by atoms with Crippen LogP contribution in [0.5, 0.6) is 0 Å². The molecule has 0 saturated heterocycles. The number of Topliss-reactive ketones (excluding diaryl/α,β-unsaturated/α-hetero) is 2. The number of rotatable bonds is 2. The van der Waals surface area contributed by atoms with E-state index in [9.17, 15) is 14.4 Å². The highest BCUT2D eigenvalue weighted by Gasteiger charge is 2.59. The fourth-order valence-electron chi connectivity index (χ4n) is 7.31. The second-order valence-electron chi connectivity index (χ2n) is 9.82. The maximum absolute atomic E-state index is 12.8. The van der Waals surface area contributed by atoms with E-state index in [-0.39, 0.29) is 22.6 Å². The molecule has 0 spiro atoms. The molecule has 0 heterocycles. The van der Waals surface area contributed by atoms with Gasteiger partial charge in [-0.3, -0.25) is 14.4 Å². The molecule has 4 rings (SSSR count). The summed E-state index contributed by atoms with van der Waals surface area (Å²) in [7, 11) is 0. The number of hydrogen-bond acceptors (Lipinski definition) is 4. The van der Waals surface area contributed by atoms with Crippen molar-refractivity contribution in [3.8, 4) is 0 Å². The standard InChI is InChI=1S/C23H32O4/c1-13(27-14(2)24)21-18-6-5-15-16-7-8-20(26)23(16,4)11-9-17(15)22(18,3)12-10-19(21)25/h13,15-17H,5-12H2,1-4H3/t13?,15-,16-,17+,22+,23-/m0/s1. The lowest BCUT2D eigenvalue weighted by atomic mass is 9.47. The van der Waals surface area contributed by atoms with E-state index in [0.717, 1.165) is 50.5 Å². The van der Waals surface area contributed by atoms with Gasteiger partial charge in [-0.05, 0) is 68.6 Å². The summed E-state index contributed by atoms with van der Waals surface area (Å²) in [5.41, 5.74) is 1.92. The Morgan fingerprint density at radius 3 is 2.41 bits per heavy atom. The minimum atomic E-state index is -0.455. The molecule has 3 saturated carbocycles. The van der Waals surface area contributed by atoms with Gasteiger partial charge in [0.05, 0.1) is 0 Å². The van der Waals surface area contributed by atoms with Crippen molar-refractivity contribution in [3.63, 3.8) is 0 Å². The first-order valence-electron chi connectivity index (χ1n) is 10.7. The molecule has 0 aromatic rings. The van der Waals surface area contributed by atoms with Crippen molar-refractivity contribution in [2.75, 3.05) is 0 Å². The van der Waals surface area contributed by atoms with E-state index in [4.69, 9.17) is 4.74 Å². The predicted octanol–water partition coefficient (Wildman–Crippen LogP) is 4.41. The second kappa shape index (κ2) is 6.28. The van der Waals surface area contributed by atoms with Crippen LogP contribution >= 0.6 is 0 Å². The maximum atomic E-state index is 12.8. The number of carbonyl (C=O) groups is 3. The lowest BCUT2D eigenvalue weighted by Gasteiger charge is -2.57. The van der Waals surface area contributed by atoms with E-state index < -0.39 is 6.10 Å². The van der Waals surface area contributed by atoms with E-state index in [1.807, 2.05) is 6.92 Å². The topological polar surface area (TPSA) is 60.4 Å². The number of fused-ring (bicyclic) bond motifs is 5. The summed E-state index contributed by atoms with van der Waals surface area (Å²) in [4.78, 5) is 36.8. The Kier molecular flexibility index (Phi) is 4.40. The van der Waals surface area contributed by atoms with Crippen molar-refractivity contribution >= 4 is 17.5 Å². The van der Waals surface area contributed by atoms with Crippen molar-refractivity contribution in [1.82, 2.24) is 0 Å². The van der Waals surface area contributed by atoms with Gasteiger partial charge in [0.15, 0.2) is 5.78 Å². The van der Waals surface area contributed by atoms with Crippen LogP contribution in [-0.2, 0) is 19.1 Å². The Morgan fingerprint density at radius 1 is 1.00 bits per heavy atom. The van der Waals surface area contributed by atoms with Gasteiger partial charge in [-0.15, -0.1) is 0 Å². The van der Waals surface area contributed by atoms with E-state index in [0.29, 0.717) is 30.0 Å². The van der Waals surface area contributed by atoms with Gasteiger partial charge in [0.2, 0.25) is 0 Å². The predicted molar refractivity (Wildman–Crippen MR) is 102 cm³/mol. The van der Waals surface area contributed by atoms with Gasteiger partial charge in [0.25, 0.3) is 0 Å². The molecule has 4 nitrogen and oxygen atoms in total. The summed E-state index contributed by atoms with van der Waals surface area (Å²) < 4.78 is 5.43. The van der Waals surface area contributed by atoms with Gasteiger partial charge in [-0.1, -0.05) is 19.4 Å². The number of esters is 1. The fourth-order valence-corrected chi connectivity index (χ4v) is 7.31. The molecule has 0 aliphatic heterocycles. The molecule has 4 aliphatic rings. The van der Waals surface area contributed by atoms with Crippen molar-refractivity contribution in [2.24, 2.45) is 28.6 Å². The zero-order chi connectivity index (χ0) is 19.6. The molecule has 148 valence electrons. The van der Waals surface area contributed by atoms with Crippen molar-refractivity contribution < 1.29 is 19.1 Å². The average molecular weight is 373 g/mol. The molecule has 0 N–H and O–H groups in total. The SMILES string of the molecule is CC(=O)OC(C)C1=C2CC[C@@H]3[C@@H](CC[C@]4(C)C(=O)CC[C@@H]34)[C@@]2(C)CCC1=O. The molecule has 6 atom stereocenters. The van der Waals surface area contributed by atoms with Crippen LogP contribution in [-0.4, -0.2) is 23.6 Å². The smallest absolute Gasteiger partial charge is 0.303 e. The third-order valence-corrected chi connectivity index (χ3v) is 8.63. The lowest BCUT2D eigenvalue weighted by molar-refractivity contribution is -0.144. The summed E-state index contributed by atoms with van der Waals surface area (Å²) in [5, 5.41) is 0. The zero-order valence-electron chi connectivity index (χ0n) is 17.1. The van der Waals surface area contributed by atoms with Crippen LogP contribution in [0.1, 0.15) is 79.1 Å². The third kappa shape index (κ3) is 2.66. The molecule has 4 aliphatic carbocycles. The molecule has 27 heavy (non-hydrogen) atoms. The van der Waals surface area contributed by atoms with Gasteiger partial charge in [0, 0.05) is 30.8 Å². The van der Waals surface area contributed by atoms with Crippen molar-refractivity contribution in [2.45, 2.75) is 85.2 Å². The summed E-state index contributed by atoms with van der Waals surface area (Å²) >= 11 is 0. The number of ketones is 2. The minimum Gasteiger partial charge on any atom is -0.458 e. The van der Waals surface area contributed by atoms with Gasteiger partial charge in [-0.2, -0.15) is 0 Å². The number of carbonyl (C=O) groups excluding carboxylic acids is 3. The minimum absolute atomic E-state index is 0.00748. The second-order valence-corrected chi connectivity index (χ2v) is 9.82. The third-order valence-electron chi connectivity index (χ3n) is 8.63. The Hall–Kier alpha value is -1.45. The molecule has 4 heteroatoms. The zero-order valence-corrected chi connectivity index (χ0v) is 17.1. The number of ether oxygens (including phenoxy) is 1. The average Bonchev–Trinajstić information content (AvgIpc) is 2.90. The van der Waals surface area contributed by atoms with Crippen LogP contribution < -0.4 is 0 Å². The molecule has 0 amide bonds. The van der Waals surface area contributed by atoms with Crippen LogP contribution in [0.2, 0.25) is 0 Å². The highest BCUT2D eigenvalue weighted by atomic mass is 16.5. The molecule has 1 unspecified atom stereocenters. The molecule has 0 aromatic carbocycles.